The molecule has 1 fully saturated rings. The van der Waals surface area contributed by atoms with Crippen molar-refractivity contribution in [2.75, 3.05) is 38.2 Å². The molecule has 2 unspecified atom stereocenters. The summed E-state index contributed by atoms with van der Waals surface area (Å²) in [5.41, 5.74) is 6.05. The molecular formula is C15H24BrN5O2. The molecule has 1 aliphatic heterocycles. The molecular weight excluding hydrogens is 362 g/mol. The summed E-state index contributed by atoms with van der Waals surface area (Å²) in [5.74, 6) is 1.35. The van der Waals surface area contributed by atoms with Gasteiger partial charge in [0.1, 0.15) is 0 Å². The van der Waals surface area contributed by atoms with E-state index in [1.807, 2.05) is 23.6 Å². The van der Waals surface area contributed by atoms with Crippen LogP contribution in [0.2, 0.25) is 0 Å². The first-order valence-electron chi connectivity index (χ1n) is 7.83. The van der Waals surface area contributed by atoms with Crippen molar-refractivity contribution >= 4 is 27.8 Å². The number of anilines is 1. The Labute approximate surface area is 145 Å². The maximum atomic E-state index is 12.4. The average Bonchev–Trinajstić information content (AvgIpc) is 2.60. The smallest absolute Gasteiger partial charge is 0.239 e. The highest BCUT2D eigenvalue weighted by molar-refractivity contribution is 9.10. The predicted octanol–water partition coefficient (Wildman–Crippen LogP) is 1.27. The van der Waals surface area contributed by atoms with Gasteiger partial charge in [-0.1, -0.05) is 20.3 Å². The third kappa shape index (κ3) is 4.11. The fourth-order valence-electron chi connectivity index (χ4n) is 2.47. The van der Waals surface area contributed by atoms with Gasteiger partial charge in [-0.3, -0.25) is 4.79 Å². The second kappa shape index (κ2) is 7.92. The highest BCUT2D eigenvalue weighted by atomic mass is 79.9. The number of carbonyl (C=O) groups is 1. The summed E-state index contributed by atoms with van der Waals surface area (Å²) in [6, 6.07) is -0.421. The molecule has 2 N–H and O–H groups in total. The Hall–Kier alpha value is -1.41. The van der Waals surface area contributed by atoms with Crippen molar-refractivity contribution < 1.29 is 9.53 Å². The van der Waals surface area contributed by atoms with Gasteiger partial charge < -0.3 is 20.3 Å². The van der Waals surface area contributed by atoms with E-state index in [1.165, 1.54) is 0 Å². The number of hydrogen-bond donors (Lipinski definition) is 1. The molecule has 2 heterocycles. The van der Waals surface area contributed by atoms with E-state index in [0.717, 1.165) is 10.9 Å². The van der Waals surface area contributed by atoms with Crippen molar-refractivity contribution in [1.82, 2.24) is 14.9 Å². The van der Waals surface area contributed by atoms with Gasteiger partial charge in [-0.25, -0.2) is 4.98 Å². The highest BCUT2D eigenvalue weighted by Gasteiger charge is 2.28. The van der Waals surface area contributed by atoms with Crippen molar-refractivity contribution in [2.45, 2.75) is 26.3 Å². The number of nitrogens with zero attached hydrogens (tertiary/aromatic N) is 4. The van der Waals surface area contributed by atoms with Gasteiger partial charge in [0, 0.05) is 26.2 Å². The summed E-state index contributed by atoms with van der Waals surface area (Å²) in [6.07, 6.45) is 2.58. The number of ether oxygens (including phenoxy) is 1. The number of carbonyl (C=O) groups excluding carboxylic acids is 1. The summed E-state index contributed by atoms with van der Waals surface area (Å²) < 4.78 is 5.92. The molecule has 1 aliphatic rings. The number of halogens is 1. The zero-order valence-corrected chi connectivity index (χ0v) is 15.4. The van der Waals surface area contributed by atoms with E-state index in [1.54, 1.807) is 13.3 Å². The van der Waals surface area contributed by atoms with Crippen LogP contribution in [0, 0.1) is 5.92 Å². The van der Waals surface area contributed by atoms with E-state index in [0.29, 0.717) is 38.0 Å². The minimum Gasteiger partial charge on any atom is -0.480 e. The largest absolute Gasteiger partial charge is 0.480 e. The Morgan fingerprint density at radius 3 is 2.65 bits per heavy atom. The van der Waals surface area contributed by atoms with Crippen LogP contribution in [0.1, 0.15) is 20.3 Å². The van der Waals surface area contributed by atoms with Crippen LogP contribution in [-0.4, -0.2) is 60.1 Å². The number of hydrogen-bond acceptors (Lipinski definition) is 6. The highest BCUT2D eigenvalue weighted by Crippen LogP contribution is 2.24. The van der Waals surface area contributed by atoms with Crippen LogP contribution in [0.3, 0.4) is 0 Å². The second-order valence-corrected chi connectivity index (χ2v) is 6.61. The van der Waals surface area contributed by atoms with Crippen molar-refractivity contribution in [3.05, 3.63) is 10.7 Å². The molecule has 23 heavy (non-hydrogen) atoms. The fourth-order valence-corrected chi connectivity index (χ4v) is 2.83. The summed E-state index contributed by atoms with van der Waals surface area (Å²) in [5, 5.41) is 0. The van der Waals surface area contributed by atoms with E-state index >= 15 is 0 Å². The molecule has 0 bridgehead atoms. The standard InChI is InChI=1S/C15H24BrN5O2/c1-4-10(2)12(17)14(22)20-5-7-21(8-6-20)15-18-9-11(16)13(19-15)23-3/h9-10,12H,4-8,17H2,1-3H3. The molecule has 1 saturated heterocycles. The molecule has 2 rings (SSSR count). The maximum Gasteiger partial charge on any atom is 0.239 e. The first-order chi connectivity index (χ1) is 11.0. The van der Waals surface area contributed by atoms with Crippen molar-refractivity contribution in [2.24, 2.45) is 11.7 Å². The lowest BCUT2D eigenvalue weighted by molar-refractivity contribution is -0.134. The molecule has 0 saturated carbocycles. The molecule has 128 valence electrons. The molecule has 1 amide bonds. The van der Waals surface area contributed by atoms with Crippen molar-refractivity contribution in [3.63, 3.8) is 0 Å². The van der Waals surface area contributed by atoms with E-state index < -0.39 is 6.04 Å². The van der Waals surface area contributed by atoms with E-state index in [-0.39, 0.29) is 11.8 Å². The number of methoxy groups -OCH3 is 1. The van der Waals surface area contributed by atoms with E-state index in [9.17, 15) is 4.79 Å². The first-order valence-corrected chi connectivity index (χ1v) is 8.63. The third-order valence-corrected chi connectivity index (χ3v) is 4.85. The van der Waals surface area contributed by atoms with Gasteiger partial charge >= 0.3 is 0 Å². The van der Waals surface area contributed by atoms with Gasteiger partial charge in [-0.05, 0) is 21.8 Å². The lowest BCUT2D eigenvalue weighted by Gasteiger charge is -2.36. The van der Waals surface area contributed by atoms with Gasteiger partial charge in [0.25, 0.3) is 0 Å². The number of nitrogens with two attached hydrogens (primary N) is 1. The molecule has 0 spiro atoms. The molecule has 1 aromatic rings. The molecule has 7 nitrogen and oxygen atoms in total. The van der Waals surface area contributed by atoms with Gasteiger partial charge in [-0.15, -0.1) is 0 Å². The topological polar surface area (TPSA) is 84.6 Å². The summed E-state index contributed by atoms with van der Waals surface area (Å²) in [7, 11) is 1.57. The minimum absolute atomic E-state index is 0.0355. The Morgan fingerprint density at radius 2 is 2.09 bits per heavy atom. The van der Waals surface area contributed by atoms with Crippen molar-refractivity contribution in [3.8, 4) is 5.88 Å². The SMILES string of the molecule is CCC(C)C(N)C(=O)N1CCN(c2ncc(Br)c(OC)n2)CC1. The van der Waals surface area contributed by atoms with Crippen LogP contribution >= 0.6 is 15.9 Å². The van der Waals surface area contributed by atoms with Crippen molar-refractivity contribution in [1.29, 1.82) is 0 Å². The average molecular weight is 386 g/mol. The van der Waals surface area contributed by atoms with Gasteiger partial charge in [-0.2, -0.15) is 4.98 Å². The molecule has 0 radical (unpaired) electrons. The Morgan fingerprint density at radius 1 is 1.43 bits per heavy atom. The lowest BCUT2D eigenvalue weighted by Crippen LogP contribution is -2.54. The van der Waals surface area contributed by atoms with E-state index in [2.05, 4.69) is 25.9 Å². The van der Waals surface area contributed by atoms with Crippen LogP contribution in [0.15, 0.2) is 10.7 Å². The maximum absolute atomic E-state index is 12.4. The summed E-state index contributed by atoms with van der Waals surface area (Å²) in [6.45, 7) is 6.69. The molecule has 1 aromatic heterocycles. The number of piperazine rings is 1. The van der Waals surface area contributed by atoms with Gasteiger partial charge in [0.15, 0.2) is 0 Å². The quantitative estimate of drug-likeness (QED) is 0.821. The second-order valence-electron chi connectivity index (χ2n) is 5.75. The molecule has 8 heteroatoms. The van der Waals surface area contributed by atoms with Crippen LogP contribution in [0.5, 0.6) is 5.88 Å². The van der Waals surface area contributed by atoms with Crippen LogP contribution < -0.4 is 15.4 Å². The summed E-state index contributed by atoms with van der Waals surface area (Å²) in [4.78, 5) is 25.0. The monoisotopic (exact) mass is 385 g/mol. The lowest BCUT2D eigenvalue weighted by atomic mass is 9.98. The Balaban J connectivity index is 1.97. The van der Waals surface area contributed by atoms with Crippen LogP contribution in [-0.2, 0) is 4.79 Å². The fraction of sp³-hybridized carbons (Fsp3) is 0.667. The van der Waals surface area contributed by atoms with Gasteiger partial charge in [0.05, 0.1) is 23.8 Å². The Bertz CT molecular complexity index is 549. The predicted molar refractivity (Wildman–Crippen MR) is 92.5 cm³/mol. The molecule has 2 atom stereocenters. The zero-order chi connectivity index (χ0) is 17.0. The Kier molecular flexibility index (Phi) is 6.17. The first kappa shape index (κ1) is 17.9. The minimum atomic E-state index is -0.421. The van der Waals surface area contributed by atoms with Crippen LogP contribution in [0.4, 0.5) is 5.95 Å². The zero-order valence-electron chi connectivity index (χ0n) is 13.8. The number of aromatic nitrogens is 2. The van der Waals surface area contributed by atoms with E-state index in [4.69, 9.17) is 10.5 Å². The molecule has 0 aromatic carbocycles. The third-order valence-electron chi connectivity index (χ3n) is 4.31. The molecule has 0 aliphatic carbocycles. The normalized spacial score (nSPS) is 17.8. The number of rotatable bonds is 5. The van der Waals surface area contributed by atoms with Gasteiger partial charge in [0.2, 0.25) is 17.7 Å². The van der Waals surface area contributed by atoms with Crippen LogP contribution in [0.25, 0.3) is 0 Å². The summed E-state index contributed by atoms with van der Waals surface area (Å²) >= 11 is 3.34. The number of amides is 1.